The van der Waals surface area contributed by atoms with Gasteiger partial charge in [-0.05, 0) is 41.8 Å². The van der Waals surface area contributed by atoms with Gasteiger partial charge in [0.2, 0.25) is 0 Å². The first-order valence-corrected chi connectivity index (χ1v) is 6.27. The summed E-state index contributed by atoms with van der Waals surface area (Å²) in [6, 6.07) is 17.2. The number of benzene rings is 2. The maximum absolute atomic E-state index is 5.56. The Morgan fingerprint density at radius 1 is 0.944 bits per heavy atom. The Labute approximate surface area is 109 Å². The van der Waals surface area contributed by atoms with E-state index in [1.165, 1.54) is 22.4 Å². The number of nitrogens with two attached hydrogens (primary N) is 1. The molecule has 0 fully saturated rings. The Balaban J connectivity index is 2.28. The van der Waals surface area contributed by atoms with E-state index in [2.05, 4.69) is 67.5 Å². The molecule has 0 aliphatic rings. The van der Waals surface area contributed by atoms with Gasteiger partial charge in [-0.1, -0.05) is 36.4 Å². The van der Waals surface area contributed by atoms with Gasteiger partial charge >= 0.3 is 0 Å². The Morgan fingerprint density at radius 2 is 1.67 bits per heavy atom. The molecule has 0 bridgehead atoms. The van der Waals surface area contributed by atoms with E-state index in [4.69, 9.17) is 5.73 Å². The average Bonchev–Trinajstić information content (AvgIpc) is 2.40. The van der Waals surface area contributed by atoms with Gasteiger partial charge in [0.15, 0.2) is 0 Å². The minimum atomic E-state index is 0.704. The largest absolute Gasteiger partial charge is 0.378 e. The molecule has 0 amide bonds. The third-order valence-corrected chi connectivity index (χ3v) is 3.08. The highest BCUT2D eigenvalue weighted by atomic mass is 15.1. The molecule has 0 saturated heterocycles. The van der Waals surface area contributed by atoms with Crippen LogP contribution in [0, 0.1) is 0 Å². The van der Waals surface area contributed by atoms with Crippen molar-refractivity contribution in [2.24, 2.45) is 5.73 Å². The summed E-state index contributed by atoms with van der Waals surface area (Å²) in [5.41, 5.74) is 10.6. The maximum atomic E-state index is 5.56. The van der Waals surface area contributed by atoms with Crippen LogP contribution in [0.25, 0.3) is 11.1 Å². The van der Waals surface area contributed by atoms with Crippen molar-refractivity contribution in [1.82, 2.24) is 0 Å². The van der Waals surface area contributed by atoms with Crippen LogP contribution in [-0.2, 0) is 6.42 Å². The van der Waals surface area contributed by atoms with Crippen LogP contribution in [0.1, 0.15) is 5.56 Å². The Morgan fingerprint density at radius 3 is 2.28 bits per heavy atom. The lowest BCUT2D eigenvalue weighted by Crippen LogP contribution is -2.08. The molecule has 2 rings (SSSR count). The molecular formula is C16H20N2. The second-order valence-corrected chi connectivity index (χ2v) is 4.68. The van der Waals surface area contributed by atoms with Crippen molar-refractivity contribution >= 4 is 5.69 Å². The molecule has 0 atom stereocenters. The van der Waals surface area contributed by atoms with E-state index in [9.17, 15) is 0 Å². The first-order valence-electron chi connectivity index (χ1n) is 6.27. The van der Waals surface area contributed by atoms with Gasteiger partial charge in [0, 0.05) is 19.8 Å². The van der Waals surface area contributed by atoms with Crippen LogP contribution in [0.2, 0.25) is 0 Å². The summed E-state index contributed by atoms with van der Waals surface area (Å²) in [5, 5.41) is 0. The van der Waals surface area contributed by atoms with E-state index in [1.807, 2.05) is 0 Å². The van der Waals surface area contributed by atoms with Crippen molar-refractivity contribution in [1.29, 1.82) is 0 Å². The fourth-order valence-electron chi connectivity index (χ4n) is 1.99. The maximum Gasteiger partial charge on any atom is 0.0367 e. The van der Waals surface area contributed by atoms with E-state index < -0.39 is 0 Å². The molecule has 2 nitrogen and oxygen atoms in total. The van der Waals surface area contributed by atoms with E-state index in [1.54, 1.807) is 0 Å². The van der Waals surface area contributed by atoms with Crippen molar-refractivity contribution in [3.63, 3.8) is 0 Å². The Hall–Kier alpha value is -1.80. The van der Waals surface area contributed by atoms with E-state index in [0.717, 1.165) is 6.42 Å². The average molecular weight is 240 g/mol. The van der Waals surface area contributed by atoms with Crippen molar-refractivity contribution in [2.45, 2.75) is 6.42 Å². The van der Waals surface area contributed by atoms with Gasteiger partial charge in [-0.15, -0.1) is 0 Å². The molecule has 0 unspecified atom stereocenters. The number of nitrogens with zero attached hydrogens (tertiary/aromatic N) is 1. The second kappa shape index (κ2) is 5.69. The number of anilines is 1. The van der Waals surface area contributed by atoms with Gasteiger partial charge in [0.25, 0.3) is 0 Å². The summed E-state index contributed by atoms with van der Waals surface area (Å²) >= 11 is 0. The van der Waals surface area contributed by atoms with Crippen LogP contribution in [0.4, 0.5) is 5.69 Å². The third kappa shape index (κ3) is 2.90. The molecule has 2 aromatic carbocycles. The number of rotatable bonds is 4. The Bertz CT molecular complexity index is 501. The lowest BCUT2D eigenvalue weighted by atomic mass is 10.0. The zero-order chi connectivity index (χ0) is 13.0. The molecule has 2 N–H and O–H groups in total. The van der Waals surface area contributed by atoms with E-state index in [-0.39, 0.29) is 0 Å². The highest BCUT2D eigenvalue weighted by Crippen LogP contribution is 2.24. The quantitative estimate of drug-likeness (QED) is 0.890. The highest BCUT2D eigenvalue weighted by molar-refractivity contribution is 5.68. The lowest BCUT2D eigenvalue weighted by Gasteiger charge is -2.13. The van der Waals surface area contributed by atoms with E-state index in [0.29, 0.717) is 6.54 Å². The third-order valence-electron chi connectivity index (χ3n) is 3.08. The molecule has 0 heterocycles. The van der Waals surface area contributed by atoms with Crippen LogP contribution in [0.15, 0.2) is 48.5 Å². The molecule has 0 aliphatic carbocycles. The predicted octanol–water partition coefficient (Wildman–Crippen LogP) is 2.92. The van der Waals surface area contributed by atoms with Gasteiger partial charge < -0.3 is 10.6 Å². The summed E-state index contributed by atoms with van der Waals surface area (Å²) in [6.45, 7) is 0.704. The van der Waals surface area contributed by atoms with Gasteiger partial charge in [0.1, 0.15) is 0 Å². The summed E-state index contributed by atoms with van der Waals surface area (Å²) < 4.78 is 0. The predicted molar refractivity (Wildman–Crippen MR) is 79.0 cm³/mol. The molecule has 0 saturated carbocycles. The fourth-order valence-corrected chi connectivity index (χ4v) is 1.99. The Kier molecular flexibility index (Phi) is 4.00. The first-order chi connectivity index (χ1) is 8.70. The summed E-state index contributed by atoms with van der Waals surface area (Å²) in [7, 11) is 4.12. The molecule has 2 heteroatoms. The molecule has 18 heavy (non-hydrogen) atoms. The van der Waals surface area contributed by atoms with Crippen LogP contribution in [0.5, 0.6) is 0 Å². The smallest absolute Gasteiger partial charge is 0.0367 e. The van der Waals surface area contributed by atoms with Crippen molar-refractivity contribution in [3.8, 4) is 11.1 Å². The van der Waals surface area contributed by atoms with E-state index >= 15 is 0 Å². The van der Waals surface area contributed by atoms with Gasteiger partial charge in [0.05, 0.1) is 0 Å². The fraction of sp³-hybridized carbons (Fsp3) is 0.250. The molecule has 0 spiro atoms. The van der Waals surface area contributed by atoms with Crippen LogP contribution < -0.4 is 10.6 Å². The summed E-state index contributed by atoms with van der Waals surface area (Å²) in [4.78, 5) is 2.12. The number of hydrogen-bond acceptors (Lipinski definition) is 2. The summed E-state index contributed by atoms with van der Waals surface area (Å²) in [5.74, 6) is 0. The SMILES string of the molecule is CN(C)c1cccc(-c2ccc(CCN)cc2)c1. The van der Waals surface area contributed by atoms with Crippen LogP contribution in [-0.4, -0.2) is 20.6 Å². The minimum Gasteiger partial charge on any atom is -0.378 e. The highest BCUT2D eigenvalue weighted by Gasteiger charge is 2.01. The lowest BCUT2D eigenvalue weighted by molar-refractivity contribution is 0.969. The second-order valence-electron chi connectivity index (χ2n) is 4.68. The number of hydrogen-bond donors (Lipinski definition) is 1. The zero-order valence-corrected chi connectivity index (χ0v) is 11.1. The van der Waals surface area contributed by atoms with Crippen molar-refractivity contribution in [2.75, 3.05) is 25.5 Å². The topological polar surface area (TPSA) is 29.3 Å². The summed E-state index contributed by atoms with van der Waals surface area (Å²) in [6.07, 6.45) is 0.942. The normalized spacial score (nSPS) is 10.4. The van der Waals surface area contributed by atoms with Crippen molar-refractivity contribution < 1.29 is 0 Å². The van der Waals surface area contributed by atoms with Crippen LogP contribution >= 0.6 is 0 Å². The molecule has 0 radical (unpaired) electrons. The first kappa shape index (κ1) is 12.7. The van der Waals surface area contributed by atoms with Gasteiger partial charge in [-0.3, -0.25) is 0 Å². The monoisotopic (exact) mass is 240 g/mol. The zero-order valence-electron chi connectivity index (χ0n) is 11.1. The standard InChI is InChI=1S/C16H20N2/c1-18(2)16-5-3-4-15(12-16)14-8-6-13(7-9-14)10-11-17/h3-9,12H,10-11,17H2,1-2H3. The molecular weight excluding hydrogens is 220 g/mol. The minimum absolute atomic E-state index is 0.704. The van der Waals surface area contributed by atoms with Crippen LogP contribution in [0.3, 0.4) is 0 Å². The molecule has 94 valence electrons. The molecule has 0 aromatic heterocycles. The molecule has 0 aliphatic heterocycles. The van der Waals surface area contributed by atoms with Gasteiger partial charge in [-0.2, -0.15) is 0 Å². The molecule has 2 aromatic rings. The van der Waals surface area contributed by atoms with Crippen molar-refractivity contribution in [3.05, 3.63) is 54.1 Å². The van der Waals surface area contributed by atoms with Gasteiger partial charge in [-0.25, -0.2) is 0 Å².